The molecule has 0 heterocycles. The second kappa shape index (κ2) is 8.64. The molecule has 110 valence electrons. The average molecular weight is 294 g/mol. The number of carbonyl (C=O) groups is 2. The molecular formula is C15H20NO3S-. The summed E-state index contributed by atoms with van der Waals surface area (Å²) in [6.07, 6.45) is 1.77. The van der Waals surface area contributed by atoms with Gasteiger partial charge in [0, 0.05) is 11.3 Å². The topological polar surface area (TPSA) is 69.2 Å². The molecule has 0 radical (unpaired) electrons. The molecule has 0 aliphatic heterocycles. The number of thioether (sulfide) groups is 1. The Kier molecular flexibility index (Phi) is 7.15. The molecule has 1 aromatic carbocycles. The molecule has 1 rings (SSSR count). The molecule has 1 amide bonds. The van der Waals surface area contributed by atoms with E-state index in [0.29, 0.717) is 0 Å². The number of amides is 1. The Hall–Kier alpha value is -1.49. The van der Waals surface area contributed by atoms with Crippen LogP contribution in [0.25, 0.3) is 0 Å². The van der Waals surface area contributed by atoms with Gasteiger partial charge in [0.05, 0.1) is 11.7 Å². The Morgan fingerprint density at radius 1 is 1.25 bits per heavy atom. The predicted octanol–water partition coefficient (Wildman–Crippen LogP) is 0.996. The van der Waals surface area contributed by atoms with Crippen molar-refractivity contribution < 1.29 is 14.7 Å². The molecule has 2 atom stereocenters. The normalized spacial score (nSPS) is 13.5. The molecular weight excluding hydrogens is 274 g/mol. The van der Waals surface area contributed by atoms with Gasteiger partial charge in [0.1, 0.15) is 0 Å². The van der Waals surface area contributed by atoms with Gasteiger partial charge in [-0.15, -0.1) is 11.8 Å². The average Bonchev–Trinajstić information content (AvgIpc) is 2.43. The van der Waals surface area contributed by atoms with E-state index in [0.717, 1.165) is 24.6 Å². The molecule has 0 fully saturated rings. The highest BCUT2D eigenvalue weighted by molar-refractivity contribution is 8.01. The van der Waals surface area contributed by atoms with E-state index in [2.05, 4.69) is 17.4 Å². The predicted molar refractivity (Wildman–Crippen MR) is 79.3 cm³/mol. The fourth-order valence-electron chi connectivity index (χ4n) is 1.69. The van der Waals surface area contributed by atoms with Crippen LogP contribution in [0, 0.1) is 0 Å². The molecule has 1 aromatic rings. The maximum absolute atomic E-state index is 11.6. The maximum atomic E-state index is 11.6. The summed E-state index contributed by atoms with van der Waals surface area (Å²) in [7, 11) is 0. The lowest BCUT2D eigenvalue weighted by molar-refractivity contribution is -0.304. The van der Waals surface area contributed by atoms with Crippen LogP contribution in [0.15, 0.2) is 30.3 Å². The van der Waals surface area contributed by atoms with Crippen LogP contribution in [-0.4, -0.2) is 28.9 Å². The summed E-state index contributed by atoms with van der Waals surface area (Å²) in [5.41, 5.74) is 1.24. The first kappa shape index (κ1) is 16.6. The molecule has 0 aromatic heterocycles. The molecule has 5 heteroatoms. The summed E-state index contributed by atoms with van der Waals surface area (Å²) >= 11 is 1.07. The van der Waals surface area contributed by atoms with Crippen molar-refractivity contribution >= 4 is 23.6 Å². The number of benzene rings is 1. The zero-order valence-corrected chi connectivity index (χ0v) is 12.6. The van der Waals surface area contributed by atoms with Crippen molar-refractivity contribution in [3.05, 3.63) is 35.9 Å². The number of aryl methyl sites for hydroxylation is 1. The molecule has 0 saturated heterocycles. The summed E-state index contributed by atoms with van der Waals surface area (Å²) in [5, 5.41) is 12.7. The van der Waals surface area contributed by atoms with E-state index < -0.39 is 11.2 Å². The van der Waals surface area contributed by atoms with E-state index >= 15 is 0 Å². The first-order valence-electron chi connectivity index (χ1n) is 6.64. The van der Waals surface area contributed by atoms with Crippen molar-refractivity contribution in [3.8, 4) is 0 Å². The fraction of sp³-hybridized carbons (Fsp3) is 0.467. The number of aliphatic carboxylic acids is 1. The van der Waals surface area contributed by atoms with Crippen molar-refractivity contribution in [1.82, 2.24) is 5.32 Å². The minimum absolute atomic E-state index is 0.0709. The molecule has 0 aliphatic carbocycles. The Bertz CT molecular complexity index is 436. The number of hydrogen-bond donors (Lipinski definition) is 1. The lowest BCUT2D eigenvalue weighted by atomic mass is 10.1. The van der Waals surface area contributed by atoms with Crippen LogP contribution in [0.5, 0.6) is 0 Å². The molecule has 4 nitrogen and oxygen atoms in total. The summed E-state index contributed by atoms with van der Waals surface area (Å²) < 4.78 is 0. The van der Waals surface area contributed by atoms with Crippen LogP contribution >= 0.6 is 11.8 Å². The summed E-state index contributed by atoms with van der Waals surface area (Å²) in [6.45, 7) is 3.47. The van der Waals surface area contributed by atoms with Crippen LogP contribution in [0.1, 0.15) is 25.8 Å². The quantitative estimate of drug-likeness (QED) is 0.776. The van der Waals surface area contributed by atoms with Gasteiger partial charge in [0.25, 0.3) is 0 Å². The molecule has 1 N–H and O–H groups in total. The molecule has 0 saturated carbocycles. The third-order valence-corrected chi connectivity index (χ3v) is 4.03. The van der Waals surface area contributed by atoms with Gasteiger partial charge < -0.3 is 15.2 Å². The van der Waals surface area contributed by atoms with Gasteiger partial charge in [0.15, 0.2) is 0 Å². The Balaban J connectivity index is 2.23. The van der Waals surface area contributed by atoms with Gasteiger partial charge in [-0.2, -0.15) is 0 Å². The van der Waals surface area contributed by atoms with Gasteiger partial charge in [0.2, 0.25) is 5.91 Å². The molecule has 0 spiro atoms. The van der Waals surface area contributed by atoms with Crippen LogP contribution < -0.4 is 10.4 Å². The van der Waals surface area contributed by atoms with Gasteiger partial charge in [-0.05, 0) is 32.3 Å². The van der Waals surface area contributed by atoms with Crippen LogP contribution in [-0.2, 0) is 16.0 Å². The Morgan fingerprint density at radius 2 is 1.90 bits per heavy atom. The van der Waals surface area contributed by atoms with Gasteiger partial charge >= 0.3 is 0 Å². The smallest absolute Gasteiger partial charge is 0.230 e. The first-order valence-corrected chi connectivity index (χ1v) is 7.69. The molecule has 0 aliphatic rings. The van der Waals surface area contributed by atoms with E-state index in [1.807, 2.05) is 25.1 Å². The maximum Gasteiger partial charge on any atom is 0.230 e. The van der Waals surface area contributed by atoms with E-state index in [1.54, 1.807) is 0 Å². The SMILES string of the molecule is C[C@@H](CCc1ccccc1)NC(=O)CS[C@H](C)C(=O)[O-]. The molecule has 0 unspecified atom stereocenters. The van der Waals surface area contributed by atoms with Crippen LogP contribution in [0.2, 0.25) is 0 Å². The second-order valence-electron chi connectivity index (χ2n) is 4.77. The fourth-order valence-corrected chi connectivity index (χ4v) is 2.31. The van der Waals surface area contributed by atoms with E-state index in [4.69, 9.17) is 0 Å². The van der Waals surface area contributed by atoms with Gasteiger partial charge in [-0.25, -0.2) is 0 Å². The monoisotopic (exact) mass is 294 g/mol. The summed E-state index contributed by atoms with van der Waals surface area (Å²) in [5.74, 6) is -1.13. The lowest BCUT2D eigenvalue weighted by Gasteiger charge is -2.15. The lowest BCUT2D eigenvalue weighted by Crippen LogP contribution is -2.36. The van der Waals surface area contributed by atoms with E-state index in [1.165, 1.54) is 12.5 Å². The minimum Gasteiger partial charge on any atom is -0.549 e. The third kappa shape index (κ3) is 6.61. The van der Waals surface area contributed by atoms with Crippen LogP contribution in [0.3, 0.4) is 0 Å². The van der Waals surface area contributed by atoms with E-state index in [-0.39, 0.29) is 17.7 Å². The number of carbonyl (C=O) groups excluding carboxylic acids is 2. The zero-order valence-electron chi connectivity index (χ0n) is 11.8. The number of rotatable bonds is 8. The Labute approximate surface area is 124 Å². The first-order chi connectivity index (χ1) is 9.49. The third-order valence-electron chi connectivity index (χ3n) is 2.91. The number of hydrogen-bond acceptors (Lipinski definition) is 4. The Morgan fingerprint density at radius 3 is 2.50 bits per heavy atom. The standard InChI is InChI=1S/C15H21NO3S/c1-11(8-9-13-6-4-3-5-7-13)16-14(17)10-20-12(2)15(18)19/h3-7,11-12H,8-10H2,1-2H3,(H,16,17)(H,18,19)/p-1/t11-,12+/m0/s1. The number of carboxylic acids is 1. The zero-order chi connectivity index (χ0) is 15.0. The van der Waals surface area contributed by atoms with Crippen molar-refractivity contribution in [2.24, 2.45) is 0 Å². The van der Waals surface area contributed by atoms with Crippen LogP contribution in [0.4, 0.5) is 0 Å². The van der Waals surface area contributed by atoms with Crippen molar-refractivity contribution in [1.29, 1.82) is 0 Å². The second-order valence-corrected chi connectivity index (χ2v) is 6.09. The van der Waals surface area contributed by atoms with Crippen molar-refractivity contribution in [3.63, 3.8) is 0 Å². The van der Waals surface area contributed by atoms with Crippen molar-refractivity contribution in [2.75, 3.05) is 5.75 Å². The number of carboxylic acid groups (broad SMARTS) is 1. The highest BCUT2D eigenvalue weighted by Gasteiger charge is 2.10. The van der Waals surface area contributed by atoms with Gasteiger partial charge in [-0.3, -0.25) is 4.79 Å². The minimum atomic E-state index is -1.14. The largest absolute Gasteiger partial charge is 0.549 e. The summed E-state index contributed by atoms with van der Waals surface area (Å²) in [6, 6.07) is 10.2. The highest BCUT2D eigenvalue weighted by atomic mass is 32.2. The molecule has 0 bridgehead atoms. The number of nitrogens with one attached hydrogen (secondary N) is 1. The van der Waals surface area contributed by atoms with Crippen molar-refractivity contribution in [2.45, 2.75) is 38.0 Å². The summed E-state index contributed by atoms with van der Waals surface area (Å²) in [4.78, 5) is 22.2. The van der Waals surface area contributed by atoms with E-state index in [9.17, 15) is 14.7 Å². The molecule has 20 heavy (non-hydrogen) atoms. The van der Waals surface area contributed by atoms with Gasteiger partial charge in [-0.1, -0.05) is 30.3 Å². The highest BCUT2D eigenvalue weighted by Crippen LogP contribution is 2.09.